The van der Waals surface area contributed by atoms with Crippen molar-refractivity contribution in [3.05, 3.63) is 53.6 Å². The molecule has 3 aromatic rings. The number of rotatable bonds is 10. The van der Waals surface area contributed by atoms with Crippen molar-refractivity contribution in [2.75, 3.05) is 26.3 Å². The van der Waals surface area contributed by atoms with Crippen molar-refractivity contribution in [1.82, 2.24) is 13.9 Å². The number of hydrogen-bond acceptors (Lipinski definition) is 5. The van der Waals surface area contributed by atoms with Gasteiger partial charge in [0.05, 0.1) is 21.5 Å². The lowest BCUT2D eigenvalue weighted by Crippen LogP contribution is -2.39. The van der Waals surface area contributed by atoms with Crippen molar-refractivity contribution in [1.29, 1.82) is 0 Å². The SMILES string of the molecule is CCOCCCn1c(SCc2cccc(C(F)(F)F)c2)nc2cc(S(=O)(=O)N3CCC[C@H](C)C3)ccc21. The quantitative estimate of drug-likeness (QED) is 0.220. The van der Waals surface area contributed by atoms with Crippen LogP contribution < -0.4 is 0 Å². The highest BCUT2D eigenvalue weighted by Gasteiger charge is 2.31. The second-order valence-corrected chi connectivity index (χ2v) is 12.2. The van der Waals surface area contributed by atoms with Gasteiger partial charge < -0.3 is 9.30 Å². The van der Waals surface area contributed by atoms with E-state index in [0.717, 1.165) is 36.9 Å². The summed E-state index contributed by atoms with van der Waals surface area (Å²) < 4.78 is 75.0. The Balaban J connectivity index is 1.62. The van der Waals surface area contributed by atoms with Crippen molar-refractivity contribution < 1.29 is 26.3 Å². The van der Waals surface area contributed by atoms with Gasteiger partial charge in [0.2, 0.25) is 10.0 Å². The van der Waals surface area contributed by atoms with Crippen LogP contribution in [0.3, 0.4) is 0 Å². The monoisotopic (exact) mass is 555 g/mol. The summed E-state index contributed by atoms with van der Waals surface area (Å²) in [5.74, 6) is 0.617. The molecule has 0 unspecified atom stereocenters. The zero-order valence-electron chi connectivity index (χ0n) is 21.0. The van der Waals surface area contributed by atoms with E-state index in [2.05, 4.69) is 6.92 Å². The Morgan fingerprint density at radius 1 is 1.19 bits per heavy atom. The summed E-state index contributed by atoms with van der Waals surface area (Å²) >= 11 is 1.33. The molecule has 0 aliphatic carbocycles. The molecule has 0 bridgehead atoms. The summed E-state index contributed by atoms with van der Waals surface area (Å²) in [6, 6.07) is 10.3. The molecular formula is C26H32F3N3O3S2. The van der Waals surface area contributed by atoms with E-state index >= 15 is 0 Å². The maximum atomic E-state index is 13.3. The molecule has 1 fully saturated rings. The number of piperidine rings is 1. The molecule has 2 heterocycles. The molecule has 6 nitrogen and oxygen atoms in total. The Hall–Kier alpha value is -2.08. The number of thioether (sulfide) groups is 1. The third-order valence-corrected chi connectivity index (χ3v) is 9.35. The number of halogens is 3. The largest absolute Gasteiger partial charge is 0.416 e. The molecule has 11 heteroatoms. The van der Waals surface area contributed by atoms with E-state index in [-0.39, 0.29) is 4.90 Å². The Kier molecular flexibility index (Phi) is 8.88. The Morgan fingerprint density at radius 3 is 2.73 bits per heavy atom. The smallest absolute Gasteiger partial charge is 0.382 e. The summed E-state index contributed by atoms with van der Waals surface area (Å²) in [4.78, 5) is 4.92. The number of aryl methyl sites for hydroxylation is 1. The van der Waals surface area contributed by atoms with Gasteiger partial charge in [-0.05, 0) is 61.9 Å². The normalized spacial score (nSPS) is 17.5. The number of aromatic nitrogens is 2. The fraction of sp³-hybridized carbons (Fsp3) is 0.500. The number of sulfonamides is 1. The van der Waals surface area contributed by atoms with E-state index in [1.54, 1.807) is 28.6 Å². The lowest BCUT2D eigenvalue weighted by molar-refractivity contribution is -0.137. The first kappa shape index (κ1) is 27.9. The van der Waals surface area contributed by atoms with E-state index < -0.39 is 21.8 Å². The first-order valence-electron chi connectivity index (χ1n) is 12.5. The Labute approximate surface area is 220 Å². The number of alkyl halides is 3. The number of benzene rings is 2. The summed E-state index contributed by atoms with van der Waals surface area (Å²) in [5, 5.41) is 0.630. The first-order valence-corrected chi connectivity index (χ1v) is 14.9. The average Bonchev–Trinajstić information content (AvgIpc) is 3.21. The zero-order valence-corrected chi connectivity index (χ0v) is 22.6. The molecule has 1 atom stereocenters. The van der Waals surface area contributed by atoms with Gasteiger partial charge in [-0.25, -0.2) is 13.4 Å². The van der Waals surface area contributed by atoms with Gasteiger partial charge in [-0.1, -0.05) is 36.9 Å². The van der Waals surface area contributed by atoms with Crippen molar-refractivity contribution in [2.24, 2.45) is 5.92 Å². The van der Waals surface area contributed by atoms with E-state index in [1.165, 1.54) is 17.8 Å². The highest BCUT2D eigenvalue weighted by atomic mass is 32.2. The van der Waals surface area contributed by atoms with Crippen molar-refractivity contribution >= 4 is 32.8 Å². The molecule has 4 rings (SSSR count). The highest BCUT2D eigenvalue weighted by Crippen LogP contribution is 2.33. The molecule has 0 radical (unpaired) electrons. The van der Waals surface area contributed by atoms with E-state index in [4.69, 9.17) is 9.72 Å². The summed E-state index contributed by atoms with van der Waals surface area (Å²) in [6.07, 6.45) is -1.82. The van der Waals surface area contributed by atoms with Gasteiger partial charge in [-0.15, -0.1) is 0 Å². The topological polar surface area (TPSA) is 64.4 Å². The lowest BCUT2D eigenvalue weighted by atomic mass is 10.0. The number of nitrogens with zero attached hydrogens (tertiary/aromatic N) is 3. The fourth-order valence-corrected chi connectivity index (χ4v) is 7.14. The van der Waals surface area contributed by atoms with Crippen LogP contribution in [-0.2, 0) is 33.2 Å². The molecule has 202 valence electrons. The molecular weight excluding hydrogens is 523 g/mol. The minimum atomic E-state index is -4.40. The maximum Gasteiger partial charge on any atom is 0.416 e. The van der Waals surface area contributed by atoms with Crippen LogP contribution in [0.5, 0.6) is 0 Å². The molecule has 1 aliphatic rings. The molecule has 0 saturated carbocycles. The molecule has 0 spiro atoms. The Morgan fingerprint density at radius 2 is 2.00 bits per heavy atom. The van der Waals surface area contributed by atoms with Crippen LogP contribution in [0.15, 0.2) is 52.5 Å². The second kappa shape index (κ2) is 11.8. The molecule has 1 aromatic heterocycles. The van der Waals surface area contributed by atoms with E-state index in [1.807, 2.05) is 11.5 Å². The van der Waals surface area contributed by atoms with Crippen LogP contribution in [0.1, 0.15) is 44.2 Å². The molecule has 1 saturated heterocycles. The summed E-state index contributed by atoms with van der Waals surface area (Å²) in [5.41, 5.74) is 1.19. The van der Waals surface area contributed by atoms with Gasteiger partial charge >= 0.3 is 6.18 Å². The van der Waals surface area contributed by atoms with E-state index in [0.29, 0.717) is 60.8 Å². The van der Waals surface area contributed by atoms with Gasteiger partial charge in [-0.2, -0.15) is 17.5 Å². The van der Waals surface area contributed by atoms with Crippen molar-refractivity contribution in [3.63, 3.8) is 0 Å². The predicted octanol–water partition coefficient (Wildman–Crippen LogP) is 6.19. The number of ether oxygens (including phenoxy) is 1. The van der Waals surface area contributed by atoms with Gasteiger partial charge in [0.15, 0.2) is 5.16 Å². The predicted molar refractivity (Wildman–Crippen MR) is 139 cm³/mol. The van der Waals surface area contributed by atoms with E-state index in [9.17, 15) is 21.6 Å². The van der Waals surface area contributed by atoms with Gasteiger partial charge in [0.1, 0.15) is 0 Å². The van der Waals surface area contributed by atoms with Gasteiger partial charge in [-0.3, -0.25) is 0 Å². The van der Waals surface area contributed by atoms with Crippen LogP contribution in [-0.4, -0.2) is 48.6 Å². The average molecular weight is 556 g/mol. The number of fused-ring (bicyclic) bond motifs is 1. The third-order valence-electron chi connectivity index (χ3n) is 6.44. The minimum absolute atomic E-state index is 0.211. The molecule has 0 amide bonds. The first-order chi connectivity index (χ1) is 17.6. The molecule has 2 aromatic carbocycles. The fourth-order valence-electron chi connectivity index (χ4n) is 4.54. The lowest BCUT2D eigenvalue weighted by Gasteiger charge is -2.30. The third kappa shape index (κ3) is 6.68. The van der Waals surface area contributed by atoms with Crippen molar-refractivity contribution in [3.8, 4) is 0 Å². The van der Waals surface area contributed by atoms with Gasteiger partial charge in [0, 0.05) is 38.6 Å². The van der Waals surface area contributed by atoms with Gasteiger partial charge in [0.25, 0.3) is 0 Å². The second-order valence-electron chi connectivity index (χ2n) is 9.34. The van der Waals surface area contributed by atoms with Crippen LogP contribution in [0.2, 0.25) is 0 Å². The summed E-state index contributed by atoms with van der Waals surface area (Å²) in [6.45, 7) is 6.76. The molecule has 0 N–H and O–H groups in total. The molecule has 37 heavy (non-hydrogen) atoms. The maximum absolute atomic E-state index is 13.3. The van der Waals surface area contributed by atoms with Crippen molar-refractivity contribution in [2.45, 2.75) is 61.6 Å². The standard InChI is InChI=1S/C26H32F3N3O3S2/c1-3-35-14-6-13-32-24-11-10-22(37(33,34)31-12-5-7-19(2)17-31)16-23(24)30-25(32)36-18-20-8-4-9-21(15-20)26(27,28)29/h4,8-11,15-16,19H,3,5-7,12-14,17-18H2,1-2H3/t19-/m0/s1. The minimum Gasteiger partial charge on any atom is -0.382 e. The zero-order chi connectivity index (χ0) is 26.6. The van der Waals surface area contributed by atoms with Crippen LogP contribution in [0, 0.1) is 5.92 Å². The number of hydrogen-bond donors (Lipinski definition) is 0. The molecule has 1 aliphatic heterocycles. The van der Waals surface area contributed by atoms with Crippen LogP contribution >= 0.6 is 11.8 Å². The van der Waals surface area contributed by atoms with Crippen LogP contribution in [0.4, 0.5) is 13.2 Å². The highest BCUT2D eigenvalue weighted by molar-refractivity contribution is 7.98. The summed E-state index contributed by atoms with van der Waals surface area (Å²) in [7, 11) is -3.64. The Bertz CT molecular complexity index is 1330. The van der Waals surface area contributed by atoms with Crippen LogP contribution in [0.25, 0.3) is 11.0 Å². The number of imidazole rings is 1.